The lowest BCUT2D eigenvalue weighted by Gasteiger charge is -2.37. The summed E-state index contributed by atoms with van der Waals surface area (Å²) in [6.07, 6.45) is 2.87. The molecule has 0 saturated carbocycles. The number of hydrogen-bond donors (Lipinski definition) is 1. The molecular formula is C34H34N6O5S. The minimum absolute atomic E-state index is 0.107. The lowest BCUT2D eigenvalue weighted by molar-refractivity contribution is 0.0240. The standard InChI is InChI=1S/C34H34N6O5S/c1-34(2,3)45-33(42)39-20-18-38(19-21-39)30-16-17-35-23-28(30)37-32(41)27-14-9-13-26(36-27)31-22-24-10-7-8-15-29(24)40(31)46(43,44)25-11-5-4-6-12-25/h4-17,22-23H,18-21H2,1-3H3,(H,37,41). The number of rotatable bonds is 6. The highest BCUT2D eigenvalue weighted by Gasteiger charge is 2.28. The molecule has 4 heterocycles. The highest BCUT2D eigenvalue weighted by Crippen LogP contribution is 2.32. The van der Waals surface area contributed by atoms with Gasteiger partial charge in [0.25, 0.3) is 15.9 Å². The molecule has 1 fully saturated rings. The van der Waals surface area contributed by atoms with Crippen molar-refractivity contribution in [2.45, 2.75) is 31.3 Å². The average molecular weight is 639 g/mol. The molecule has 0 bridgehead atoms. The van der Waals surface area contributed by atoms with Crippen LogP contribution in [0.25, 0.3) is 22.3 Å². The van der Waals surface area contributed by atoms with Gasteiger partial charge in [0, 0.05) is 37.8 Å². The molecule has 236 valence electrons. The van der Waals surface area contributed by atoms with Crippen molar-refractivity contribution in [3.8, 4) is 11.4 Å². The number of amides is 2. The fraction of sp³-hybridized carbons (Fsp3) is 0.235. The Balaban J connectivity index is 1.26. The summed E-state index contributed by atoms with van der Waals surface area (Å²) in [4.78, 5) is 38.8. The van der Waals surface area contributed by atoms with E-state index in [2.05, 4.69) is 20.2 Å². The van der Waals surface area contributed by atoms with E-state index in [-0.39, 0.29) is 16.7 Å². The second kappa shape index (κ2) is 12.3. The second-order valence-electron chi connectivity index (χ2n) is 11.9. The molecule has 1 aliphatic rings. The predicted molar refractivity (Wildman–Crippen MR) is 176 cm³/mol. The van der Waals surface area contributed by atoms with Crippen LogP contribution >= 0.6 is 0 Å². The minimum atomic E-state index is -3.99. The summed E-state index contributed by atoms with van der Waals surface area (Å²) < 4.78 is 34.6. The van der Waals surface area contributed by atoms with E-state index in [1.165, 1.54) is 3.97 Å². The molecule has 11 nitrogen and oxygen atoms in total. The van der Waals surface area contributed by atoms with Crippen molar-refractivity contribution >= 4 is 44.3 Å². The lowest BCUT2D eigenvalue weighted by atomic mass is 10.2. The zero-order valence-electron chi connectivity index (χ0n) is 25.8. The molecule has 12 heteroatoms. The van der Waals surface area contributed by atoms with Crippen LogP contribution in [0.4, 0.5) is 16.2 Å². The van der Waals surface area contributed by atoms with Gasteiger partial charge in [-0.15, -0.1) is 0 Å². The highest BCUT2D eigenvalue weighted by atomic mass is 32.2. The van der Waals surface area contributed by atoms with Crippen molar-refractivity contribution in [1.29, 1.82) is 0 Å². The van der Waals surface area contributed by atoms with Gasteiger partial charge < -0.3 is 19.9 Å². The maximum absolute atomic E-state index is 13.9. The molecule has 1 saturated heterocycles. The van der Waals surface area contributed by atoms with Gasteiger partial charge in [-0.3, -0.25) is 9.78 Å². The number of nitrogens with zero attached hydrogens (tertiary/aromatic N) is 5. The first-order chi connectivity index (χ1) is 22.0. The molecule has 5 aromatic rings. The van der Waals surface area contributed by atoms with Gasteiger partial charge >= 0.3 is 6.09 Å². The zero-order chi connectivity index (χ0) is 32.5. The maximum Gasteiger partial charge on any atom is 0.410 e. The Morgan fingerprint density at radius 1 is 0.870 bits per heavy atom. The zero-order valence-corrected chi connectivity index (χ0v) is 26.6. The Hall–Kier alpha value is -5.23. The first-order valence-corrected chi connectivity index (χ1v) is 16.3. The first-order valence-electron chi connectivity index (χ1n) is 14.9. The van der Waals surface area contributed by atoms with Gasteiger partial charge in [-0.1, -0.05) is 42.5 Å². The number of piperazine rings is 1. The number of nitrogens with one attached hydrogen (secondary N) is 1. The quantitative estimate of drug-likeness (QED) is 0.253. The van der Waals surface area contributed by atoms with Crippen molar-refractivity contribution in [3.05, 3.63) is 103 Å². The second-order valence-corrected chi connectivity index (χ2v) is 13.7. The fourth-order valence-corrected chi connectivity index (χ4v) is 6.91. The van der Waals surface area contributed by atoms with Crippen LogP contribution in [0.5, 0.6) is 0 Å². The van der Waals surface area contributed by atoms with Gasteiger partial charge in [-0.2, -0.15) is 0 Å². The summed E-state index contributed by atoms with van der Waals surface area (Å²) in [6.45, 7) is 7.53. The molecule has 46 heavy (non-hydrogen) atoms. The number of pyridine rings is 2. The molecule has 1 aliphatic heterocycles. The van der Waals surface area contributed by atoms with Crippen LogP contribution in [0.2, 0.25) is 0 Å². The number of fused-ring (bicyclic) bond motifs is 1. The molecule has 0 aliphatic carbocycles. The van der Waals surface area contributed by atoms with Crippen molar-refractivity contribution in [1.82, 2.24) is 18.8 Å². The van der Waals surface area contributed by atoms with E-state index in [1.807, 2.05) is 39.0 Å². The fourth-order valence-electron chi connectivity index (χ4n) is 5.37. The molecule has 0 unspecified atom stereocenters. The van der Waals surface area contributed by atoms with Gasteiger partial charge in [0.05, 0.1) is 39.4 Å². The van der Waals surface area contributed by atoms with Crippen molar-refractivity contribution < 1.29 is 22.7 Å². The Morgan fingerprint density at radius 3 is 2.33 bits per heavy atom. The van der Waals surface area contributed by atoms with Crippen LogP contribution in [-0.2, 0) is 14.8 Å². The molecular weight excluding hydrogens is 604 g/mol. The molecule has 1 N–H and O–H groups in total. The molecule has 0 spiro atoms. The van der Waals surface area contributed by atoms with Crippen LogP contribution in [0.15, 0.2) is 102 Å². The number of carbonyl (C=O) groups is 2. The van der Waals surface area contributed by atoms with E-state index < -0.39 is 21.5 Å². The van der Waals surface area contributed by atoms with Crippen LogP contribution in [0.1, 0.15) is 31.3 Å². The van der Waals surface area contributed by atoms with Crippen LogP contribution in [0, 0.1) is 0 Å². The highest BCUT2D eigenvalue weighted by molar-refractivity contribution is 7.90. The normalized spacial score (nSPS) is 13.9. The summed E-state index contributed by atoms with van der Waals surface area (Å²) in [5, 5.41) is 3.65. The Morgan fingerprint density at radius 2 is 1.59 bits per heavy atom. The van der Waals surface area contributed by atoms with Crippen LogP contribution in [-0.4, -0.2) is 71.0 Å². The monoisotopic (exact) mass is 638 g/mol. The van der Waals surface area contributed by atoms with Gasteiger partial charge in [0.15, 0.2) is 0 Å². The molecule has 2 amide bonds. The Labute approximate surface area is 267 Å². The van der Waals surface area contributed by atoms with Crippen molar-refractivity contribution in [2.75, 3.05) is 36.4 Å². The summed E-state index contributed by atoms with van der Waals surface area (Å²) in [7, 11) is -3.99. The van der Waals surface area contributed by atoms with Gasteiger partial charge in [0.2, 0.25) is 0 Å². The third kappa shape index (κ3) is 6.29. The number of para-hydroxylation sites is 1. The Kier molecular flexibility index (Phi) is 8.22. The molecule has 3 aromatic heterocycles. The number of carbonyl (C=O) groups excluding carboxylic acids is 2. The van der Waals surface area contributed by atoms with E-state index in [0.29, 0.717) is 48.8 Å². The number of anilines is 2. The smallest absolute Gasteiger partial charge is 0.410 e. The number of benzene rings is 2. The minimum Gasteiger partial charge on any atom is -0.444 e. The summed E-state index contributed by atoms with van der Waals surface area (Å²) in [5.74, 6) is -0.475. The number of hydrogen-bond acceptors (Lipinski definition) is 8. The van der Waals surface area contributed by atoms with Gasteiger partial charge in [-0.05, 0) is 63.2 Å². The molecule has 2 aromatic carbocycles. The maximum atomic E-state index is 13.9. The van der Waals surface area contributed by atoms with Crippen LogP contribution < -0.4 is 10.2 Å². The average Bonchev–Trinajstić information content (AvgIpc) is 3.46. The summed E-state index contributed by atoms with van der Waals surface area (Å²) in [6, 6.07) is 23.9. The topological polar surface area (TPSA) is 127 Å². The van der Waals surface area contributed by atoms with E-state index in [9.17, 15) is 18.0 Å². The third-order valence-electron chi connectivity index (χ3n) is 7.51. The largest absolute Gasteiger partial charge is 0.444 e. The number of ether oxygens (including phenoxy) is 1. The summed E-state index contributed by atoms with van der Waals surface area (Å²) in [5.41, 5.74) is 1.96. The Bertz CT molecular complexity index is 2010. The SMILES string of the molecule is CC(C)(C)OC(=O)N1CCN(c2ccncc2NC(=O)c2cccc(-c3cc4ccccc4n3S(=O)(=O)c3ccccc3)n2)CC1. The number of aromatic nitrogens is 3. The van der Waals surface area contributed by atoms with E-state index >= 15 is 0 Å². The molecule has 0 atom stereocenters. The lowest BCUT2D eigenvalue weighted by Crippen LogP contribution is -2.50. The molecule has 0 radical (unpaired) electrons. The summed E-state index contributed by atoms with van der Waals surface area (Å²) >= 11 is 0. The van der Waals surface area contributed by atoms with Gasteiger partial charge in [0.1, 0.15) is 11.3 Å². The molecule has 6 rings (SSSR count). The van der Waals surface area contributed by atoms with E-state index in [0.717, 1.165) is 11.1 Å². The first kappa shape index (κ1) is 30.8. The van der Waals surface area contributed by atoms with E-state index in [1.54, 1.807) is 84.0 Å². The van der Waals surface area contributed by atoms with Crippen molar-refractivity contribution in [3.63, 3.8) is 0 Å². The van der Waals surface area contributed by atoms with E-state index in [4.69, 9.17) is 4.74 Å². The van der Waals surface area contributed by atoms with Crippen LogP contribution in [0.3, 0.4) is 0 Å². The predicted octanol–water partition coefficient (Wildman–Crippen LogP) is 5.64. The van der Waals surface area contributed by atoms with Gasteiger partial charge in [-0.25, -0.2) is 22.2 Å². The third-order valence-corrected chi connectivity index (χ3v) is 9.25. The van der Waals surface area contributed by atoms with Crippen molar-refractivity contribution in [2.24, 2.45) is 0 Å².